The molecule has 1 fully saturated rings. The fourth-order valence-corrected chi connectivity index (χ4v) is 2.88. The van der Waals surface area contributed by atoms with Gasteiger partial charge in [0.05, 0.1) is 13.0 Å². The molecule has 1 heterocycles. The molecule has 0 aliphatic carbocycles. The summed E-state index contributed by atoms with van der Waals surface area (Å²) in [6.07, 6.45) is 2.65. The average molecular weight is 347 g/mol. The van der Waals surface area contributed by atoms with E-state index in [2.05, 4.69) is 24.5 Å². The van der Waals surface area contributed by atoms with Crippen molar-refractivity contribution in [1.29, 1.82) is 0 Å². The van der Waals surface area contributed by atoms with Crippen molar-refractivity contribution in [3.63, 3.8) is 0 Å². The standard InChI is InChI=1S/C19H29N3O3/c1-14(2)10-11-20-18(23)15-5-4-12-22(13-15)19(24)21-16-6-8-17(25-3)9-7-16/h6-9,14-15H,4-5,10-13H2,1-3H3,(H,20,23)(H,21,24)/t15-/m0/s1. The number of benzene rings is 1. The molecule has 3 amide bonds. The number of ether oxygens (including phenoxy) is 1. The lowest BCUT2D eigenvalue weighted by atomic mass is 9.97. The third-order valence-electron chi connectivity index (χ3n) is 4.44. The lowest BCUT2D eigenvalue weighted by molar-refractivity contribution is -0.126. The van der Waals surface area contributed by atoms with Crippen molar-refractivity contribution in [2.24, 2.45) is 11.8 Å². The number of hydrogen-bond acceptors (Lipinski definition) is 3. The number of nitrogens with zero attached hydrogens (tertiary/aromatic N) is 1. The second-order valence-corrected chi connectivity index (χ2v) is 6.92. The lowest BCUT2D eigenvalue weighted by Crippen LogP contribution is -2.47. The zero-order valence-corrected chi connectivity index (χ0v) is 15.4. The van der Waals surface area contributed by atoms with Crippen LogP contribution in [-0.2, 0) is 4.79 Å². The third kappa shape index (κ3) is 5.96. The van der Waals surface area contributed by atoms with Crippen molar-refractivity contribution in [2.75, 3.05) is 32.1 Å². The highest BCUT2D eigenvalue weighted by molar-refractivity contribution is 5.90. The highest BCUT2D eigenvalue weighted by atomic mass is 16.5. The predicted molar refractivity (Wildman–Crippen MR) is 98.8 cm³/mol. The largest absolute Gasteiger partial charge is 0.497 e. The average Bonchev–Trinajstić information content (AvgIpc) is 2.62. The third-order valence-corrected chi connectivity index (χ3v) is 4.44. The number of urea groups is 1. The maximum Gasteiger partial charge on any atom is 0.321 e. The number of rotatable bonds is 6. The zero-order chi connectivity index (χ0) is 18.2. The van der Waals surface area contributed by atoms with Crippen LogP contribution in [0.1, 0.15) is 33.1 Å². The molecule has 0 bridgehead atoms. The van der Waals surface area contributed by atoms with E-state index in [-0.39, 0.29) is 17.9 Å². The van der Waals surface area contributed by atoms with Gasteiger partial charge in [0.1, 0.15) is 5.75 Å². The van der Waals surface area contributed by atoms with Crippen LogP contribution >= 0.6 is 0 Å². The molecule has 138 valence electrons. The van der Waals surface area contributed by atoms with Crippen LogP contribution in [0.25, 0.3) is 0 Å². The van der Waals surface area contributed by atoms with Gasteiger partial charge in [0.25, 0.3) is 0 Å². The Morgan fingerprint density at radius 2 is 2.00 bits per heavy atom. The van der Waals surface area contributed by atoms with Crippen LogP contribution in [0.4, 0.5) is 10.5 Å². The molecule has 0 radical (unpaired) electrons. The van der Waals surface area contributed by atoms with E-state index >= 15 is 0 Å². The van der Waals surface area contributed by atoms with Crippen LogP contribution in [0.15, 0.2) is 24.3 Å². The molecular formula is C19H29N3O3. The fourth-order valence-electron chi connectivity index (χ4n) is 2.88. The van der Waals surface area contributed by atoms with Gasteiger partial charge in [-0.1, -0.05) is 13.8 Å². The van der Waals surface area contributed by atoms with Gasteiger partial charge in [0.15, 0.2) is 0 Å². The first kappa shape index (κ1) is 19.1. The Morgan fingerprint density at radius 1 is 1.28 bits per heavy atom. The van der Waals surface area contributed by atoms with Crippen molar-refractivity contribution in [3.05, 3.63) is 24.3 Å². The summed E-state index contributed by atoms with van der Waals surface area (Å²) in [5.74, 6) is 1.25. The van der Waals surface area contributed by atoms with Crippen LogP contribution in [0, 0.1) is 11.8 Å². The smallest absolute Gasteiger partial charge is 0.321 e. The van der Waals surface area contributed by atoms with E-state index in [0.29, 0.717) is 31.2 Å². The van der Waals surface area contributed by atoms with Gasteiger partial charge in [-0.05, 0) is 49.4 Å². The van der Waals surface area contributed by atoms with Gasteiger partial charge >= 0.3 is 6.03 Å². The van der Waals surface area contributed by atoms with Gasteiger partial charge in [0, 0.05) is 25.3 Å². The Balaban J connectivity index is 1.84. The Hall–Kier alpha value is -2.24. The van der Waals surface area contributed by atoms with Crippen LogP contribution in [0.5, 0.6) is 5.75 Å². The molecule has 25 heavy (non-hydrogen) atoms. The second kappa shape index (κ2) is 9.30. The quantitative estimate of drug-likeness (QED) is 0.831. The SMILES string of the molecule is COc1ccc(NC(=O)N2CCC[C@H](C(=O)NCCC(C)C)C2)cc1. The molecular weight excluding hydrogens is 318 g/mol. The van der Waals surface area contributed by atoms with Gasteiger partial charge in [-0.3, -0.25) is 4.79 Å². The number of hydrogen-bond donors (Lipinski definition) is 2. The predicted octanol–water partition coefficient (Wildman–Crippen LogP) is 3.10. The number of anilines is 1. The Bertz CT molecular complexity index is 572. The molecule has 6 heteroatoms. The van der Waals surface area contributed by atoms with Crippen LogP contribution < -0.4 is 15.4 Å². The number of piperidine rings is 1. The molecule has 1 aromatic carbocycles. The minimum atomic E-state index is -0.162. The van der Waals surface area contributed by atoms with Crippen molar-refractivity contribution < 1.29 is 14.3 Å². The topological polar surface area (TPSA) is 70.7 Å². The molecule has 1 aliphatic rings. The molecule has 6 nitrogen and oxygen atoms in total. The maximum absolute atomic E-state index is 12.4. The monoisotopic (exact) mass is 347 g/mol. The first-order chi connectivity index (χ1) is 12.0. The maximum atomic E-state index is 12.4. The Labute approximate surface area is 149 Å². The molecule has 0 aromatic heterocycles. The molecule has 1 saturated heterocycles. The number of nitrogens with one attached hydrogen (secondary N) is 2. The summed E-state index contributed by atoms with van der Waals surface area (Å²) in [4.78, 5) is 26.5. The van der Waals surface area contributed by atoms with Crippen LogP contribution in [0.2, 0.25) is 0 Å². The van der Waals surface area contributed by atoms with Crippen molar-refractivity contribution in [2.45, 2.75) is 33.1 Å². The lowest BCUT2D eigenvalue weighted by Gasteiger charge is -2.32. The molecule has 1 atom stereocenters. The Morgan fingerprint density at radius 3 is 2.64 bits per heavy atom. The number of methoxy groups -OCH3 is 1. The highest BCUT2D eigenvalue weighted by Gasteiger charge is 2.28. The van der Waals surface area contributed by atoms with Crippen LogP contribution in [-0.4, -0.2) is 43.6 Å². The molecule has 2 N–H and O–H groups in total. The van der Waals surface area contributed by atoms with Gasteiger partial charge in [-0.2, -0.15) is 0 Å². The molecule has 0 saturated carbocycles. The molecule has 1 aromatic rings. The van der Waals surface area contributed by atoms with Gasteiger partial charge < -0.3 is 20.3 Å². The van der Waals surface area contributed by atoms with E-state index in [4.69, 9.17) is 4.74 Å². The summed E-state index contributed by atoms with van der Waals surface area (Å²) in [7, 11) is 1.60. The Kier molecular flexibility index (Phi) is 7.10. The van der Waals surface area contributed by atoms with E-state index in [0.717, 1.165) is 25.0 Å². The molecule has 2 rings (SSSR count). The zero-order valence-electron chi connectivity index (χ0n) is 15.4. The normalized spacial score (nSPS) is 17.3. The van der Waals surface area contributed by atoms with Crippen LogP contribution in [0.3, 0.4) is 0 Å². The van der Waals surface area contributed by atoms with Crippen molar-refractivity contribution >= 4 is 17.6 Å². The minimum Gasteiger partial charge on any atom is -0.497 e. The first-order valence-electron chi connectivity index (χ1n) is 8.97. The van der Waals surface area contributed by atoms with Crippen molar-refractivity contribution in [3.8, 4) is 5.75 Å². The summed E-state index contributed by atoms with van der Waals surface area (Å²) in [5.41, 5.74) is 0.717. The second-order valence-electron chi connectivity index (χ2n) is 6.92. The van der Waals surface area contributed by atoms with E-state index in [1.807, 2.05) is 0 Å². The van der Waals surface area contributed by atoms with Gasteiger partial charge in [0.2, 0.25) is 5.91 Å². The summed E-state index contributed by atoms with van der Waals surface area (Å²) >= 11 is 0. The van der Waals surface area contributed by atoms with Gasteiger partial charge in [-0.15, -0.1) is 0 Å². The number of carbonyl (C=O) groups is 2. The molecule has 0 spiro atoms. The number of likely N-dealkylation sites (tertiary alicyclic amines) is 1. The summed E-state index contributed by atoms with van der Waals surface area (Å²) < 4.78 is 5.11. The van der Waals surface area contributed by atoms with E-state index in [1.54, 1.807) is 36.3 Å². The molecule has 1 aliphatic heterocycles. The fraction of sp³-hybridized carbons (Fsp3) is 0.579. The molecule has 0 unspecified atom stereocenters. The number of amides is 3. The summed E-state index contributed by atoms with van der Waals surface area (Å²) in [6.45, 7) is 6.12. The van der Waals surface area contributed by atoms with E-state index < -0.39 is 0 Å². The summed E-state index contributed by atoms with van der Waals surface area (Å²) in [6, 6.07) is 7.05. The van der Waals surface area contributed by atoms with Crippen molar-refractivity contribution in [1.82, 2.24) is 10.2 Å². The van der Waals surface area contributed by atoms with E-state index in [9.17, 15) is 9.59 Å². The first-order valence-corrected chi connectivity index (χ1v) is 8.97. The number of carbonyl (C=O) groups excluding carboxylic acids is 2. The summed E-state index contributed by atoms with van der Waals surface area (Å²) in [5, 5.41) is 5.87. The highest BCUT2D eigenvalue weighted by Crippen LogP contribution is 2.19. The minimum absolute atomic E-state index is 0.0580. The van der Waals surface area contributed by atoms with Gasteiger partial charge in [-0.25, -0.2) is 4.79 Å². The van der Waals surface area contributed by atoms with E-state index in [1.165, 1.54) is 0 Å².